The Hall–Kier alpha value is -1.07. The number of sulfone groups is 1. The number of rotatable bonds is 8. The predicted molar refractivity (Wildman–Crippen MR) is 83.0 cm³/mol. The van der Waals surface area contributed by atoms with Crippen molar-refractivity contribution in [3.8, 4) is 5.75 Å². The normalized spacial score (nSPS) is 13.4. The van der Waals surface area contributed by atoms with E-state index in [0.717, 1.165) is 6.54 Å². The Labute approximate surface area is 122 Å². The molecule has 1 rings (SSSR count). The Morgan fingerprint density at radius 2 is 1.75 bits per heavy atom. The molecule has 0 spiro atoms. The van der Waals surface area contributed by atoms with Gasteiger partial charge in [0.15, 0.2) is 9.84 Å². The maximum atomic E-state index is 11.6. The van der Waals surface area contributed by atoms with Crippen LogP contribution in [0.25, 0.3) is 0 Å². The van der Waals surface area contributed by atoms with Crippen molar-refractivity contribution in [3.63, 3.8) is 0 Å². The average Bonchev–Trinajstić information content (AvgIpc) is 2.39. The van der Waals surface area contributed by atoms with Crippen LogP contribution in [-0.2, 0) is 9.84 Å². The van der Waals surface area contributed by atoms with Crippen LogP contribution in [0.5, 0.6) is 5.75 Å². The first-order chi connectivity index (χ1) is 9.36. The molecule has 0 radical (unpaired) electrons. The lowest BCUT2D eigenvalue weighted by molar-refractivity contribution is 0.340. The Kier molecular flexibility index (Phi) is 6.49. The van der Waals surface area contributed by atoms with Crippen LogP contribution in [-0.4, -0.2) is 32.6 Å². The van der Waals surface area contributed by atoms with Gasteiger partial charge in [0.05, 0.1) is 11.0 Å². The SMILES string of the molecule is CCNC(C)c1ccc(OCCS(=O)(=O)C(C)C)cc1. The van der Waals surface area contributed by atoms with Crippen molar-refractivity contribution in [2.75, 3.05) is 18.9 Å². The lowest BCUT2D eigenvalue weighted by Crippen LogP contribution is -2.22. The summed E-state index contributed by atoms with van der Waals surface area (Å²) in [6, 6.07) is 8.06. The van der Waals surface area contributed by atoms with E-state index in [1.165, 1.54) is 5.56 Å². The van der Waals surface area contributed by atoms with Crippen LogP contribution >= 0.6 is 0 Å². The Balaban J connectivity index is 2.50. The van der Waals surface area contributed by atoms with Crippen molar-refractivity contribution in [2.24, 2.45) is 0 Å². The molecule has 1 unspecified atom stereocenters. The molecule has 0 aromatic heterocycles. The van der Waals surface area contributed by atoms with Gasteiger partial charge in [0, 0.05) is 6.04 Å². The van der Waals surface area contributed by atoms with Gasteiger partial charge in [-0.3, -0.25) is 0 Å². The zero-order chi connectivity index (χ0) is 15.2. The summed E-state index contributed by atoms with van der Waals surface area (Å²) in [6.45, 7) is 8.67. The van der Waals surface area contributed by atoms with Crippen molar-refractivity contribution in [1.82, 2.24) is 5.32 Å². The summed E-state index contributed by atoms with van der Waals surface area (Å²) in [5, 5.41) is 2.98. The molecule has 20 heavy (non-hydrogen) atoms. The minimum absolute atomic E-state index is 0.0558. The molecular weight excluding hydrogens is 274 g/mol. The van der Waals surface area contributed by atoms with E-state index in [2.05, 4.69) is 19.2 Å². The van der Waals surface area contributed by atoms with Gasteiger partial charge in [-0.25, -0.2) is 8.42 Å². The Morgan fingerprint density at radius 1 is 1.15 bits per heavy atom. The van der Waals surface area contributed by atoms with Gasteiger partial charge in [-0.2, -0.15) is 0 Å². The standard InChI is InChI=1S/C15H25NO3S/c1-5-16-13(4)14-6-8-15(9-7-14)19-10-11-20(17,18)12(2)3/h6-9,12-13,16H,5,10-11H2,1-4H3. The molecular formula is C15H25NO3S. The van der Waals surface area contributed by atoms with Gasteiger partial charge >= 0.3 is 0 Å². The first-order valence-electron chi connectivity index (χ1n) is 7.04. The lowest BCUT2D eigenvalue weighted by Gasteiger charge is -2.13. The number of benzene rings is 1. The van der Waals surface area contributed by atoms with Gasteiger partial charge < -0.3 is 10.1 Å². The second-order valence-corrected chi connectivity index (χ2v) is 7.79. The van der Waals surface area contributed by atoms with Crippen LogP contribution in [0.1, 0.15) is 39.3 Å². The van der Waals surface area contributed by atoms with Gasteiger partial charge in [-0.05, 0) is 45.0 Å². The fourth-order valence-corrected chi connectivity index (χ4v) is 2.58. The van der Waals surface area contributed by atoms with Crippen LogP contribution in [0.15, 0.2) is 24.3 Å². The van der Waals surface area contributed by atoms with Gasteiger partial charge in [0.25, 0.3) is 0 Å². The van der Waals surface area contributed by atoms with E-state index in [1.807, 2.05) is 24.3 Å². The van der Waals surface area contributed by atoms with Crippen LogP contribution in [0.2, 0.25) is 0 Å². The Morgan fingerprint density at radius 3 is 2.25 bits per heavy atom. The summed E-state index contributed by atoms with van der Waals surface area (Å²) >= 11 is 0. The quantitative estimate of drug-likeness (QED) is 0.801. The molecule has 0 aliphatic heterocycles. The van der Waals surface area contributed by atoms with Crippen molar-refractivity contribution in [2.45, 2.75) is 39.0 Å². The van der Waals surface area contributed by atoms with Gasteiger partial charge in [0.1, 0.15) is 12.4 Å². The summed E-state index contributed by atoms with van der Waals surface area (Å²) in [7, 11) is -3.03. The number of nitrogens with one attached hydrogen (secondary N) is 1. The maximum absolute atomic E-state index is 11.6. The molecule has 0 heterocycles. The minimum Gasteiger partial charge on any atom is -0.493 e. The largest absolute Gasteiger partial charge is 0.493 e. The van der Waals surface area contributed by atoms with E-state index in [1.54, 1.807) is 13.8 Å². The minimum atomic E-state index is -3.03. The molecule has 114 valence electrons. The van der Waals surface area contributed by atoms with E-state index in [4.69, 9.17) is 4.74 Å². The molecule has 0 bridgehead atoms. The lowest BCUT2D eigenvalue weighted by atomic mass is 10.1. The van der Waals surface area contributed by atoms with E-state index in [-0.39, 0.29) is 17.6 Å². The van der Waals surface area contributed by atoms with Gasteiger partial charge in [-0.1, -0.05) is 19.1 Å². The van der Waals surface area contributed by atoms with Gasteiger partial charge in [-0.15, -0.1) is 0 Å². The van der Waals surface area contributed by atoms with Crippen LogP contribution < -0.4 is 10.1 Å². The molecule has 1 atom stereocenters. The third-order valence-electron chi connectivity index (χ3n) is 3.25. The molecule has 0 fully saturated rings. The first kappa shape index (κ1) is 17.0. The van der Waals surface area contributed by atoms with Gasteiger partial charge in [0.2, 0.25) is 0 Å². The van der Waals surface area contributed by atoms with E-state index >= 15 is 0 Å². The molecule has 1 aromatic carbocycles. The number of hydrogen-bond donors (Lipinski definition) is 1. The monoisotopic (exact) mass is 299 g/mol. The van der Waals surface area contributed by atoms with E-state index in [9.17, 15) is 8.42 Å². The highest BCUT2D eigenvalue weighted by Crippen LogP contribution is 2.17. The maximum Gasteiger partial charge on any atom is 0.155 e. The second-order valence-electron chi connectivity index (χ2n) is 5.11. The molecule has 0 saturated carbocycles. The first-order valence-corrected chi connectivity index (χ1v) is 8.76. The van der Waals surface area contributed by atoms with Crippen LogP contribution in [0.3, 0.4) is 0 Å². The molecule has 0 saturated heterocycles. The molecule has 4 nitrogen and oxygen atoms in total. The molecule has 0 aliphatic carbocycles. The number of hydrogen-bond acceptors (Lipinski definition) is 4. The molecule has 0 amide bonds. The fraction of sp³-hybridized carbons (Fsp3) is 0.600. The summed E-state index contributed by atoms with van der Waals surface area (Å²) in [4.78, 5) is 0. The van der Waals surface area contributed by atoms with Crippen molar-refractivity contribution < 1.29 is 13.2 Å². The van der Waals surface area contributed by atoms with E-state index < -0.39 is 9.84 Å². The van der Waals surface area contributed by atoms with Crippen molar-refractivity contribution >= 4 is 9.84 Å². The second kappa shape index (κ2) is 7.64. The molecule has 1 aromatic rings. The highest BCUT2D eigenvalue weighted by atomic mass is 32.2. The molecule has 0 aliphatic rings. The van der Waals surface area contributed by atoms with E-state index in [0.29, 0.717) is 11.8 Å². The Bertz CT molecular complexity index is 494. The van der Waals surface area contributed by atoms with Crippen molar-refractivity contribution in [3.05, 3.63) is 29.8 Å². The van der Waals surface area contributed by atoms with Crippen molar-refractivity contribution in [1.29, 1.82) is 0 Å². The average molecular weight is 299 g/mol. The number of ether oxygens (including phenoxy) is 1. The summed E-state index contributed by atoms with van der Waals surface area (Å²) in [6.07, 6.45) is 0. The summed E-state index contributed by atoms with van der Waals surface area (Å²) < 4.78 is 28.8. The zero-order valence-electron chi connectivity index (χ0n) is 12.7. The molecule has 1 N–H and O–H groups in total. The fourth-order valence-electron chi connectivity index (χ4n) is 1.79. The third kappa shape index (κ3) is 5.13. The third-order valence-corrected chi connectivity index (χ3v) is 5.42. The highest BCUT2D eigenvalue weighted by molar-refractivity contribution is 7.91. The zero-order valence-corrected chi connectivity index (χ0v) is 13.5. The summed E-state index contributed by atoms with van der Waals surface area (Å²) in [5.74, 6) is 0.761. The van der Waals surface area contributed by atoms with Crippen LogP contribution in [0.4, 0.5) is 0 Å². The van der Waals surface area contributed by atoms with Crippen LogP contribution in [0, 0.1) is 0 Å². The smallest absolute Gasteiger partial charge is 0.155 e. The predicted octanol–water partition coefficient (Wildman–Crippen LogP) is 2.56. The summed E-state index contributed by atoms with van der Waals surface area (Å²) in [5.41, 5.74) is 1.19. The topological polar surface area (TPSA) is 55.4 Å². The molecule has 5 heteroatoms. The highest BCUT2D eigenvalue weighted by Gasteiger charge is 2.15.